The molecule has 0 aliphatic heterocycles. The molecule has 1 aliphatic carbocycles. The van der Waals surface area contributed by atoms with Crippen LogP contribution in [-0.4, -0.2) is 84.0 Å². The Morgan fingerprint density at radius 2 is 1.87 bits per heavy atom. The third-order valence-corrected chi connectivity index (χ3v) is 7.66. The minimum Gasteiger partial charge on any atom is -0.494 e. The zero-order valence-electron chi connectivity index (χ0n) is 27.3. The lowest BCUT2D eigenvalue weighted by atomic mass is 10.1. The van der Waals surface area contributed by atoms with Gasteiger partial charge in [-0.15, -0.1) is 0 Å². The van der Waals surface area contributed by atoms with E-state index in [0.717, 1.165) is 29.1 Å². The Bertz CT molecular complexity index is 1800. The van der Waals surface area contributed by atoms with Crippen molar-refractivity contribution in [2.75, 3.05) is 56.9 Å². The average Bonchev–Trinajstić information content (AvgIpc) is 3.56. The molecule has 0 atom stereocenters. The molecular formula is C34H40N8O4. The number of hydrogen-bond acceptors (Lipinski definition) is 10. The molecule has 0 bridgehead atoms. The molecule has 2 aromatic carbocycles. The molecule has 1 amide bonds. The Kier molecular flexibility index (Phi) is 9.38. The second kappa shape index (κ2) is 13.4. The van der Waals surface area contributed by atoms with Crippen LogP contribution in [0, 0.1) is 0 Å². The number of fused-ring (bicyclic) bond motifs is 3. The zero-order chi connectivity index (χ0) is 33.1. The van der Waals surface area contributed by atoms with E-state index >= 15 is 0 Å². The number of hydrogen-bond donors (Lipinski definition) is 2. The van der Waals surface area contributed by atoms with Crippen molar-refractivity contribution in [2.45, 2.75) is 26.4 Å². The van der Waals surface area contributed by atoms with E-state index in [0.29, 0.717) is 41.5 Å². The highest BCUT2D eigenvalue weighted by Gasteiger charge is 2.31. The molecular weight excluding hydrogens is 584 g/mol. The highest BCUT2D eigenvalue weighted by atomic mass is 16.5. The quantitative estimate of drug-likeness (QED) is 0.146. The minimum absolute atomic E-state index is 0.207. The standard InChI is InChI=1S/C34H40N8O4/c1-9-29(43)36-25-17-26(28(45-8)18-27(25)41(6)15-14-40(4)5)37-34-35-19-24(33(44)46-20(2)3)30(38-34)31-23-16-21-12-10-11-13-22(21)32(23)42(7)39-31/h9-13,17-20H,1,14-16H2,2-8H3,(H,36,43)(H,35,37,38). The van der Waals surface area contributed by atoms with Crippen LogP contribution >= 0.6 is 0 Å². The molecule has 12 nitrogen and oxygen atoms in total. The van der Waals surface area contributed by atoms with Crippen LogP contribution in [0.5, 0.6) is 5.75 Å². The Labute approximate surface area is 269 Å². The van der Waals surface area contributed by atoms with E-state index in [4.69, 9.17) is 19.6 Å². The number of carbonyl (C=O) groups excluding carboxylic acids is 2. The van der Waals surface area contributed by atoms with Crippen LogP contribution in [0.15, 0.2) is 55.3 Å². The number of nitrogens with one attached hydrogen (secondary N) is 2. The number of esters is 1. The Morgan fingerprint density at radius 1 is 1.11 bits per heavy atom. The molecule has 2 N–H and O–H groups in total. The van der Waals surface area contributed by atoms with E-state index in [9.17, 15) is 9.59 Å². The van der Waals surface area contributed by atoms with Gasteiger partial charge in [-0.25, -0.2) is 14.8 Å². The number of aromatic nitrogens is 4. The summed E-state index contributed by atoms with van der Waals surface area (Å²) in [5.41, 5.74) is 7.21. The molecule has 0 saturated heterocycles. The van der Waals surface area contributed by atoms with Crippen molar-refractivity contribution in [3.05, 3.63) is 71.9 Å². The first-order valence-electron chi connectivity index (χ1n) is 15.0. The van der Waals surface area contributed by atoms with Gasteiger partial charge >= 0.3 is 5.97 Å². The SMILES string of the molecule is C=CC(=O)Nc1cc(Nc2ncc(C(=O)OC(C)C)c(-c3nn(C)c4c3Cc3ccccc3-4)n2)c(OC)cc1N(C)CCN(C)C. The number of methoxy groups -OCH3 is 1. The van der Waals surface area contributed by atoms with Crippen LogP contribution in [0.25, 0.3) is 22.6 Å². The molecule has 12 heteroatoms. The topological polar surface area (TPSA) is 127 Å². The summed E-state index contributed by atoms with van der Waals surface area (Å²) in [4.78, 5) is 39.1. The van der Waals surface area contributed by atoms with Gasteiger partial charge in [0.25, 0.3) is 0 Å². The van der Waals surface area contributed by atoms with Crippen LogP contribution in [0.3, 0.4) is 0 Å². The van der Waals surface area contributed by atoms with Crippen molar-refractivity contribution >= 4 is 34.9 Å². The number of nitrogens with zero attached hydrogens (tertiary/aromatic N) is 6. The number of likely N-dealkylation sites (N-methyl/N-ethyl adjacent to an activating group) is 2. The Morgan fingerprint density at radius 3 is 2.57 bits per heavy atom. The molecule has 4 aromatic rings. The molecule has 5 rings (SSSR count). The fraction of sp³-hybridized carbons (Fsp3) is 0.324. The second-order valence-corrected chi connectivity index (χ2v) is 11.7. The molecule has 0 spiro atoms. The predicted molar refractivity (Wildman–Crippen MR) is 180 cm³/mol. The highest BCUT2D eigenvalue weighted by Crippen LogP contribution is 2.42. The number of amides is 1. The molecule has 240 valence electrons. The maximum atomic E-state index is 13.3. The molecule has 0 saturated carbocycles. The molecule has 1 aliphatic rings. The van der Waals surface area contributed by atoms with Crippen LogP contribution in [0.4, 0.5) is 23.0 Å². The number of anilines is 4. The summed E-state index contributed by atoms with van der Waals surface area (Å²) < 4.78 is 13.2. The zero-order valence-corrected chi connectivity index (χ0v) is 27.3. The number of aryl methyl sites for hydroxylation is 1. The van der Waals surface area contributed by atoms with E-state index in [1.165, 1.54) is 17.8 Å². The molecule has 0 unspecified atom stereocenters. The van der Waals surface area contributed by atoms with Crippen LogP contribution in [-0.2, 0) is 23.0 Å². The van der Waals surface area contributed by atoms with E-state index < -0.39 is 5.97 Å². The van der Waals surface area contributed by atoms with E-state index in [2.05, 4.69) is 39.2 Å². The van der Waals surface area contributed by atoms with Gasteiger partial charge in [-0.05, 0) is 45.6 Å². The summed E-state index contributed by atoms with van der Waals surface area (Å²) in [5.74, 6) is -0.177. The van der Waals surface area contributed by atoms with Gasteiger partial charge in [0.15, 0.2) is 0 Å². The maximum Gasteiger partial charge on any atom is 0.342 e. The normalized spacial score (nSPS) is 11.7. The van der Waals surface area contributed by atoms with E-state index in [1.54, 1.807) is 27.0 Å². The van der Waals surface area contributed by atoms with Gasteiger partial charge in [0.05, 0.1) is 36.0 Å². The molecule has 0 fully saturated rings. The van der Waals surface area contributed by atoms with Crippen molar-refractivity contribution in [1.29, 1.82) is 0 Å². The maximum absolute atomic E-state index is 13.3. The monoisotopic (exact) mass is 624 g/mol. The third kappa shape index (κ3) is 6.57. The van der Waals surface area contributed by atoms with Crippen molar-refractivity contribution in [1.82, 2.24) is 24.6 Å². The van der Waals surface area contributed by atoms with E-state index in [-0.39, 0.29) is 23.5 Å². The highest BCUT2D eigenvalue weighted by molar-refractivity contribution is 6.02. The summed E-state index contributed by atoms with van der Waals surface area (Å²) in [7, 11) is 9.41. The van der Waals surface area contributed by atoms with Crippen molar-refractivity contribution in [2.24, 2.45) is 7.05 Å². The largest absolute Gasteiger partial charge is 0.494 e. The summed E-state index contributed by atoms with van der Waals surface area (Å²) >= 11 is 0. The van der Waals surface area contributed by atoms with Gasteiger partial charge in [-0.3, -0.25) is 9.48 Å². The Hall–Kier alpha value is -5.23. The summed E-state index contributed by atoms with van der Waals surface area (Å²) in [6.07, 6.45) is 2.99. The van der Waals surface area contributed by atoms with Crippen molar-refractivity contribution in [3.8, 4) is 28.4 Å². The van der Waals surface area contributed by atoms with Crippen molar-refractivity contribution < 1.29 is 19.1 Å². The first kappa shape index (κ1) is 32.2. The van der Waals surface area contributed by atoms with Crippen molar-refractivity contribution in [3.63, 3.8) is 0 Å². The lowest BCUT2D eigenvalue weighted by Crippen LogP contribution is -2.29. The number of ether oxygens (including phenoxy) is 2. The second-order valence-electron chi connectivity index (χ2n) is 11.7. The van der Waals surface area contributed by atoms with Crippen LogP contribution < -0.4 is 20.3 Å². The van der Waals surface area contributed by atoms with E-state index in [1.807, 2.05) is 56.0 Å². The predicted octanol–water partition coefficient (Wildman–Crippen LogP) is 4.89. The lowest BCUT2D eigenvalue weighted by molar-refractivity contribution is -0.111. The van der Waals surface area contributed by atoms with Gasteiger partial charge in [-0.1, -0.05) is 30.8 Å². The summed E-state index contributed by atoms with van der Waals surface area (Å²) in [6, 6.07) is 11.8. The average molecular weight is 625 g/mol. The van der Waals surface area contributed by atoms with Gasteiger partial charge in [0.1, 0.15) is 22.7 Å². The van der Waals surface area contributed by atoms with Gasteiger partial charge in [0.2, 0.25) is 11.9 Å². The summed E-state index contributed by atoms with van der Waals surface area (Å²) in [6.45, 7) is 8.69. The van der Waals surface area contributed by atoms with Crippen LogP contribution in [0.1, 0.15) is 35.3 Å². The lowest BCUT2D eigenvalue weighted by Gasteiger charge is -2.26. The molecule has 0 radical (unpaired) electrons. The first-order valence-corrected chi connectivity index (χ1v) is 15.0. The fourth-order valence-corrected chi connectivity index (χ4v) is 5.43. The number of carbonyl (C=O) groups is 2. The number of benzene rings is 2. The summed E-state index contributed by atoms with van der Waals surface area (Å²) in [5, 5.41) is 11.0. The number of rotatable bonds is 12. The van der Waals surface area contributed by atoms with Gasteiger partial charge < -0.3 is 29.9 Å². The van der Waals surface area contributed by atoms with Gasteiger partial charge in [-0.2, -0.15) is 5.10 Å². The fourth-order valence-electron chi connectivity index (χ4n) is 5.43. The molecule has 2 aromatic heterocycles. The minimum atomic E-state index is -0.538. The smallest absolute Gasteiger partial charge is 0.342 e. The Balaban J connectivity index is 1.59. The molecule has 46 heavy (non-hydrogen) atoms. The van der Waals surface area contributed by atoms with Crippen LogP contribution in [0.2, 0.25) is 0 Å². The first-order chi connectivity index (χ1) is 22.0. The molecule has 2 heterocycles. The third-order valence-electron chi connectivity index (χ3n) is 7.66. The van der Waals surface area contributed by atoms with Gasteiger partial charge in [0, 0.05) is 57.0 Å².